The van der Waals surface area contributed by atoms with Gasteiger partial charge in [-0.1, -0.05) is 13.8 Å². The maximum atomic E-state index is 12.5. The molecule has 5 heteroatoms. The summed E-state index contributed by atoms with van der Waals surface area (Å²) in [6, 6.07) is 1.98. The van der Waals surface area contributed by atoms with Crippen LogP contribution in [0.2, 0.25) is 0 Å². The molecule has 1 aromatic heterocycles. The first kappa shape index (κ1) is 16.0. The second-order valence-corrected chi connectivity index (χ2v) is 6.82. The normalized spacial score (nSPS) is 25.0. The summed E-state index contributed by atoms with van der Waals surface area (Å²) >= 11 is 0. The second kappa shape index (κ2) is 6.60. The molecule has 0 aromatic carbocycles. The topological polar surface area (TPSA) is 50.2 Å². The van der Waals surface area contributed by atoms with E-state index in [1.807, 2.05) is 17.7 Å². The van der Waals surface area contributed by atoms with E-state index in [4.69, 9.17) is 0 Å². The second-order valence-electron chi connectivity index (χ2n) is 6.82. The Kier molecular flexibility index (Phi) is 5.04. The zero-order valence-electron chi connectivity index (χ0n) is 13.8. The molecule has 0 radical (unpaired) electrons. The molecule has 0 saturated carbocycles. The average molecular weight is 292 g/mol. The summed E-state index contributed by atoms with van der Waals surface area (Å²) in [7, 11) is 0. The Bertz CT molecular complexity index is 472. The van der Waals surface area contributed by atoms with Crippen LogP contribution in [0.4, 0.5) is 5.82 Å². The lowest BCUT2D eigenvalue weighted by Gasteiger charge is -2.38. The van der Waals surface area contributed by atoms with Crippen LogP contribution in [0.1, 0.15) is 47.1 Å². The zero-order valence-corrected chi connectivity index (χ0v) is 13.8. The minimum absolute atomic E-state index is 0.0544. The highest BCUT2D eigenvalue weighted by atomic mass is 16.2. The minimum atomic E-state index is -0.106. The van der Waals surface area contributed by atoms with Gasteiger partial charge < -0.3 is 5.32 Å². The van der Waals surface area contributed by atoms with Gasteiger partial charge in [-0.25, -0.2) is 4.68 Å². The largest absolute Gasteiger partial charge is 0.310 e. The van der Waals surface area contributed by atoms with E-state index in [-0.39, 0.29) is 18.0 Å². The SMILES string of the molecule is CC(C)n1nccc1NC(=O)[C@H](C)N1C[C@H](C)C[C@H](C)C1. The third-order valence-corrected chi connectivity index (χ3v) is 4.23. The van der Waals surface area contributed by atoms with Gasteiger partial charge in [-0.15, -0.1) is 0 Å². The molecule has 0 unspecified atom stereocenters. The molecule has 1 aromatic rings. The van der Waals surface area contributed by atoms with Crippen LogP contribution in [0.15, 0.2) is 12.3 Å². The van der Waals surface area contributed by atoms with Gasteiger partial charge in [0.15, 0.2) is 0 Å². The Morgan fingerprint density at radius 3 is 2.48 bits per heavy atom. The van der Waals surface area contributed by atoms with E-state index >= 15 is 0 Å². The number of carbonyl (C=O) groups is 1. The monoisotopic (exact) mass is 292 g/mol. The molecule has 1 N–H and O–H groups in total. The summed E-state index contributed by atoms with van der Waals surface area (Å²) in [4.78, 5) is 14.8. The van der Waals surface area contributed by atoms with Gasteiger partial charge in [0, 0.05) is 25.2 Å². The smallest absolute Gasteiger partial charge is 0.242 e. The third kappa shape index (κ3) is 3.84. The van der Waals surface area contributed by atoms with E-state index in [1.54, 1.807) is 6.20 Å². The number of nitrogens with one attached hydrogen (secondary N) is 1. The molecule has 0 aliphatic carbocycles. The number of aromatic nitrogens is 2. The predicted molar refractivity (Wildman–Crippen MR) is 85.2 cm³/mol. The number of likely N-dealkylation sites (tertiary alicyclic amines) is 1. The van der Waals surface area contributed by atoms with Crippen LogP contribution < -0.4 is 5.32 Å². The number of nitrogens with zero attached hydrogens (tertiary/aromatic N) is 3. The van der Waals surface area contributed by atoms with Crippen LogP contribution in [0.3, 0.4) is 0 Å². The van der Waals surface area contributed by atoms with Crippen LogP contribution in [0.5, 0.6) is 0 Å². The Morgan fingerprint density at radius 2 is 1.90 bits per heavy atom. The summed E-state index contributed by atoms with van der Waals surface area (Å²) in [6.07, 6.45) is 2.98. The number of rotatable bonds is 4. The predicted octanol–water partition coefficient (Wildman–Crippen LogP) is 2.77. The maximum Gasteiger partial charge on any atom is 0.242 e. The van der Waals surface area contributed by atoms with Crippen LogP contribution in [0.25, 0.3) is 0 Å². The van der Waals surface area contributed by atoms with Crippen LogP contribution >= 0.6 is 0 Å². The van der Waals surface area contributed by atoms with E-state index in [0.717, 1.165) is 18.9 Å². The van der Waals surface area contributed by atoms with Crippen LogP contribution in [-0.2, 0) is 4.79 Å². The number of anilines is 1. The zero-order chi connectivity index (χ0) is 15.6. The number of carbonyl (C=O) groups excluding carboxylic acids is 1. The molecule has 0 spiro atoms. The molecule has 3 atom stereocenters. The minimum Gasteiger partial charge on any atom is -0.310 e. The molecule has 21 heavy (non-hydrogen) atoms. The van der Waals surface area contributed by atoms with Crippen molar-refractivity contribution >= 4 is 11.7 Å². The van der Waals surface area contributed by atoms with E-state index in [2.05, 4.69) is 43.0 Å². The van der Waals surface area contributed by atoms with Crippen molar-refractivity contribution in [1.29, 1.82) is 0 Å². The first-order valence-electron chi connectivity index (χ1n) is 7.97. The van der Waals surface area contributed by atoms with Gasteiger partial charge >= 0.3 is 0 Å². The summed E-state index contributed by atoms with van der Waals surface area (Å²) in [5, 5.41) is 7.27. The third-order valence-electron chi connectivity index (χ3n) is 4.23. The number of amides is 1. The van der Waals surface area contributed by atoms with Crippen molar-refractivity contribution in [3.63, 3.8) is 0 Å². The van der Waals surface area contributed by atoms with Crippen LogP contribution in [0, 0.1) is 11.8 Å². The standard InChI is InChI=1S/C16H28N4O/c1-11(2)20-15(6-7-17-20)18-16(21)14(5)19-9-12(3)8-13(4)10-19/h6-7,11-14H,8-10H2,1-5H3,(H,18,21)/t12-,13+,14-/m0/s1. The van der Waals surface area contributed by atoms with Crippen molar-refractivity contribution < 1.29 is 4.79 Å². The van der Waals surface area contributed by atoms with Gasteiger partial charge in [-0.05, 0) is 39.0 Å². The lowest BCUT2D eigenvalue weighted by Crippen LogP contribution is -2.49. The van der Waals surface area contributed by atoms with Crippen molar-refractivity contribution in [2.45, 2.75) is 53.1 Å². The molecule has 118 valence electrons. The van der Waals surface area contributed by atoms with E-state index in [9.17, 15) is 4.79 Å². The molecule has 2 heterocycles. The average Bonchev–Trinajstić information content (AvgIpc) is 2.84. The molecule has 5 nitrogen and oxygen atoms in total. The van der Waals surface area contributed by atoms with Gasteiger partial charge in [0.1, 0.15) is 5.82 Å². The molecular weight excluding hydrogens is 264 g/mol. The molecule has 1 fully saturated rings. The van der Waals surface area contributed by atoms with Gasteiger partial charge in [0.05, 0.1) is 12.2 Å². The molecule has 1 aliphatic rings. The Balaban J connectivity index is 2.00. The van der Waals surface area contributed by atoms with E-state index in [0.29, 0.717) is 11.8 Å². The Labute approximate surface area is 127 Å². The highest BCUT2D eigenvalue weighted by molar-refractivity contribution is 5.93. The maximum absolute atomic E-state index is 12.5. The fourth-order valence-electron chi connectivity index (χ4n) is 3.25. The number of hydrogen-bond acceptors (Lipinski definition) is 3. The summed E-state index contributed by atoms with van der Waals surface area (Å²) in [5.74, 6) is 2.15. The van der Waals surface area contributed by atoms with Gasteiger partial charge in [0.25, 0.3) is 0 Å². The van der Waals surface area contributed by atoms with Gasteiger partial charge in [-0.2, -0.15) is 5.10 Å². The molecule has 1 saturated heterocycles. The fraction of sp³-hybridized carbons (Fsp3) is 0.750. The number of piperidine rings is 1. The van der Waals surface area contributed by atoms with Crippen molar-refractivity contribution in [2.24, 2.45) is 11.8 Å². The lowest BCUT2D eigenvalue weighted by molar-refractivity contribution is -0.121. The molecular formula is C16H28N4O. The quantitative estimate of drug-likeness (QED) is 0.928. The summed E-state index contributed by atoms with van der Waals surface area (Å²) in [5.41, 5.74) is 0. The Hall–Kier alpha value is -1.36. The summed E-state index contributed by atoms with van der Waals surface area (Å²) < 4.78 is 1.84. The van der Waals surface area contributed by atoms with Gasteiger partial charge in [-0.3, -0.25) is 9.69 Å². The first-order valence-corrected chi connectivity index (χ1v) is 7.97. The number of hydrogen-bond donors (Lipinski definition) is 1. The summed E-state index contributed by atoms with van der Waals surface area (Å²) in [6.45, 7) is 12.6. The lowest BCUT2D eigenvalue weighted by atomic mass is 9.91. The van der Waals surface area contributed by atoms with E-state index in [1.165, 1.54) is 6.42 Å². The van der Waals surface area contributed by atoms with Crippen LogP contribution in [-0.4, -0.2) is 39.7 Å². The van der Waals surface area contributed by atoms with E-state index < -0.39 is 0 Å². The first-order chi connectivity index (χ1) is 9.88. The highest BCUT2D eigenvalue weighted by Gasteiger charge is 2.29. The molecule has 2 rings (SSSR count). The van der Waals surface area contributed by atoms with Crippen molar-refractivity contribution in [3.05, 3.63) is 12.3 Å². The molecule has 1 aliphatic heterocycles. The Morgan fingerprint density at radius 1 is 1.29 bits per heavy atom. The molecule has 0 bridgehead atoms. The fourth-order valence-corrected chi connectivity index (χ4v) is 3.25. The molecule has 1 amide bonds. The van der Waals surface area contributed by atoms with Crippen molar-refractivity contribution in [2.75, 3.05) is 18.4 Å². The van der Waals surface area contributed by atoms with Crippen molar-refractivity contribution in [1.82, 2.24) is 14.7 Å². The van der Waals surface area contributed by atoms with Crippen molar-refractivity contribution in [3.8, 4) is 0 Å². The highest BCUT2D eigenvalue weighted by Crippen LogP contribution is 2.23. The van der Waals surface area contributed by atoms with Gasteiger partial charge in [0.2, 0.25) is 5.91 Å².